The van der Waals surface area contributed by atoms with Gasteiger partial charge >= 0.3 is 0 Å². The molecule has 2 saturated carbocycles. The van der Waals surface area contributed by atoms with E-state index in [0.29, 0.717) is 0 Å². The van der Waals surface area contributed by atoms with Gasteiger partial charge in [-0.25, -0.2) is 0 Å². The quantitative estimate of drug-likeness (QED) is 0.424. The molecular weight excluding hydrogens is 340 g/mol. The van der Waals surface area contributed by atoms with Gasteiger partial charge in [-0.15, -0.1) is 0 Å². The van der Waals surface area contributed by atoms with E-state index in [-0.39, 0.29) is 0 Å². The molecule has 2 heteroatoms. The van der Waals surface area contributed by atoms with Crippen LogP contribution in [0.15, 0.2) is 24.3 Å². The maximum Gasteiger partial charge on any atom is 0.0466 e. The lowest BCUT2D eigenvalue weighted by atomic mass is 9.68. The largest absolute Gasteiger partial charge is 0.381 e. The molecule has 0 aromatic heterocycles. The number of halogens is 1. The maximum atomic E-state index is 6.03. The fourth-order valence-corrected chi connectivity index (χ4v) is 5.45. The predicted molar refractivity (Wildman–Crippen MR) is 112 cm³/mol. The van der Waals surface area contributed by atoms with Crippen LogP contribution in [0.1, 0.15) is 89.0 Å². The van der Waals surface area contributed by atoms with E-state index in [4.69, 9.17) is 16.3 Å². The van der Waals surface area contributed by atoms with Gasteiger partial charge in [-0.05, 0) is 99.2 Å². The molecule has 2 aliphatic rings. The first-order valence-electron chi connectivity index (χ1n) is 11.1. The Kier molecular flexibility index (Phi) is 8.33. The topological polar surface area (TPSA) is 9.23 Å². The molecule has 0 bridgehead atoms. The molecule has 2 aliphatic carbocycles. The predicted octanol–water partition coefficient (Wildman–Crippen LogP) is 7.63. The third-order valence-electron chi connectivity index (χ3n) is 6.92. The molecular formula is C24H37ClO. The molecule has 0 radical (unpaired) electrons. The van der Waals surface area contributed by atoms with E-state index in [0.717, 1.165) is 48.3 Å². The molecule has 0 atom stereocenters. The molecule has 0 unspecified atom stereocenters. The molecule has 1 aromatic carbocycles. The SMILES string of the molecule is CCCOCCCC1CCC(C2CCC(c3ccc(Cl)cc3)CC2)CC1. The summed E-state index contributed by atoms with van der Waals surface area (Å²) in [6, 6.07) is 8.58. The van der Waals surface area contributed by atoms with Crippen LogP contribution in [0.3, 0.4) is 0 Å². The standard InChI is InChI=1S/C24H37ClO/c1-2-17-26-18-3-4-19-5-7-20(8-6-19)21-9-11-22(12-10-21)23-13-15-24(25)16-14-23/h13-16,19-22H,2-12,17-18H2,1H3. The first-order chi connectivity index (χ1) is 12.8. The van der Waals surface area contributed by atoms with Crippen molar-refractivity contribution in [2.75, 3.05) is 13.2 Å². The molecule has 0 N–H and O–H groups in total. The van der Waals surface area contributed by atoms with Crippen LogP contribution in [0, 0.1) is 17.8 Å². The van der Waals surface area contributed by atoms with Crippen molar-refractivity contribution in [3.8, 4) is 0 Å². The second-order valence-corrected chi connectivity index (χ2v) is 9.14. The van der Waals surface area contributed by atoms with E-state index in [1.165, 1.54) is 69.8 Å². The molecule has 3 rings (SSSR count). The Labute approximate surface area is 165 Å². The third-order valence-corrected chi connectivity index (χ3v) is 7.17. The summed E-state index contributed by atoms with van der Waals surface area (Å²) in [6.45, 7) is 4.10. The first kappa shape index (κ1) is 20.2. The molecule has 0 spiro atoms. The summed E-state index contributed by atoms with van der Waals surface area (Å²) in [6.07, 6.45) is 15.3. The minimum atomic E-state index is 0.767. The average Bonchev–Trinajstić information content (AvgIpc) is 2.69. The highest BCUT2D eigenvalue weighted by molar-refractivity contribution is 6.30. The molecule has 0 heterocycles. The molecule has 0 aliphatic heterocycles. The van der Waals surface area contributed by atoms with Gasteiger partial charge in [0.25, 0.3) is 0 Å². The Bertz CT molecular complexity index is 495. The summed E-state index contributed by atoms with van der Waals surface area (Å²) in [5, 5.41) is 0.858. The average molecular weight is 377 g/mol. The van der Waals surface area contributed by atoms with Gasteiger partial charge in [0.1, 0.15) is 0 Å². The summed E-state index contributed by atoms with van der Waals surface area (Å²) in [5.74, 6) is 3.74. The van der Waals surface area contributed by atoms with Crippen molar-refractivity contribution < 1.29 is 4.74 Å². The van der Waals surface area contributed by atoms with Crippen molar-refractivity contribution in [2.45, 2.75) is 83.5 Å². The smallest absolute Gasteiger partial charge is 0.0466 e. The van der Waals surface area contributed by atoms with Gasteiger partial charge in [0.15, 0.2) is 0 Å². The second-order valence-electron chi connectivity index (χ2n) is 8.70. The highest BCUT2D eigenvalue weighted by atomic mass is 35.5. The zero-order valence-corrected chi connectivity index (χ0v) is 17.4. The number of hydrogen-bond donors (Lipinski definition) is 0. The summed E-state index contributed by atoms with van der Waals surface area (Å²) in [7, 11) is 0. The Hall–Kier alpha value is -0.530. The van der Waals surface area contributed by atoms with Crippen LogP contribution >= 0.6 is 11.6 Å². The van der Waals surface area contributed by atoms with Crippen LogP contribution in [-0.4, -0.2) is 13.2 Å². The van der Waals surface area contributed by atoms with Crippen LogP contribution in [0.2, 0.25) is 5.02 Å². The summed E-state index contributed by atoms with van der Waals surface area (Å²) in [5.41, 5.74) is 1.50. The minimum absolute atomic E-state index is 0.767. The van der Waals surface area contributed by atoms with Crippen LogP contribution < -0.4 is 0 Å². The minimum Gasteiger partial charge on any atom is -0.381 e. The number of ether oxygens (including phenoxy) is 1. The Morgan fingerprint density at radius 2 is 1.46 bits per heavy atom. The number of hydrogen-bond acceptors (Lipinski definition) is 1. The zero-order valence-electron chi connectivity index (χ0n) is 16.6. The number of rotatable bonds is 8. The highest BCUT2D eigenvalue weighted by Crippen LogP contribution is 2.44. The van der Waals surface area contributed by atoms with E-state index >= 15 is 0 Å². The summed E-state index contributed by atoms with van der Waals surface area (Å²) < 4.78 is 5.64. The fraction of sp³-hybridized carbons (Fsp3) is 0.750. The second kappa shape index (κ2) is 10.7. The monoisotopic (exact) mass is 376 g/mol. The van der Waals surface area contributed by atoms with Gasteiger partial charge < -0.3 is 4.74 Å². The van der Waals surface area contributed by atoms with Crippen LogP contribution in [-0.2, 0) is 4.74 Å². The number of benzene rings is 1. The van der Waals surface area contributed by atoms with E-state index in [1.54, 1.807) is 0 Å². The normalized spacial score (nSPS) is 29.6. The molecule has 2 fully saturated rings. The van der Waals surface area contributed by atoms with Gasteiger partial charge in [0.2, 0.25) is 0 Å². The molecule has 26 heavy (non-hydrogen) atoms. The molecule has 146 valence electrons. The van der Waals surface area contributed by atoms with Gasteiger partial charge in [-0.3, -0.25) is 0 Å². The molecule has 0 amide bonds. The van der Waals surface area contributed by atoms with E-state index in [1.807, 2.05) is 0 Å². The van der Waals surface area contributed by atoms with E-state index in [9.17, 15) is 0 Å². The van der Waals surface area contributed by atoms with Crippen LogP contribution in [0.25, 0.3) is 0 Å². The lowest BCUT2D eigenvalue weighted by molar-refractivity contribution is 0.117. The molecule has 1 aromatic rings. The Balaban J connectivity index is 1.34. The van der Waals surface area contributed by atoms with Crippen molar-refractivity contribution in [1.82, 2.24) is 0 Å². The Morgan fingerprint density at radius 1 is 0.846 bits per heavy atom. The van der Waals surface area contributed by atoms with Crippen molar-refractivity contribution in [1.29, 1.82) is 0 Å². The third kappa shape index (κ3) is 5.99. The Morgan fingerprint density at radius 3 is 2.08 bits per heavy atom. The van der Waals surface area contributed by atoms with Crippen LogP contribution in [0.4, 0.5) is 0 Å². The van der Waals surface area contributed by atoms with Gasteiger partial charge in [-0.1, -0.05) is 43.5 Å². The lowest BCUT2D eigenvalue weighted by Gasteiger charge is -2.38. The van der Waals surface area contributed by atoms with Crippen molar-refractivity contribution >= 4 is 11.6 Å². The van der Waals surface area contributed by atoms with Crippen LogP contribution in [0.5, 0.6) is 0 Å². The molecule has 0 saturated heterocycles. The van der Waals surface area contributed by atoms with E-state index < -0.39 is 0 Å². The van der Waals surface area contributed by atoms with E-state index in [2.05, 4.69) is 31.2 Å². The van der Waals surface area contributed by atoms with Gasteiger partial charge in [0, 0.05) is 18.2 Å². The van der Waals surface area contributed by atoms with Gasteiger partial charge in [-0.2, -0.15) is 0 Å². The maximum absolute atomic E-state index is 6.03. The van der Waals surface area contributed by atoms with Crippen molar-refractivity contribution in [2.24, 2.45) is 17.8 Å². The summed E-state index contributed by atoms with van der Waals surface area (Å²) in [4.78, 5) is 0. The van der Waals surface area contributed by atoms with Crippen molar-refractivity contribution in [3.05, 3.63) is 34.9 Å². The summed E-state index contributed by atoms with van der Waals surface area (Å²) >= 11 is 6.03. The fourth-order valence-electron chi connectivity index (χ4n) is 5.33. The zero-order chi connectivity index (χ0) is 18.2. The van der Waals surface area contributed by atoms with Gasteiger partial charge in [0.05, 0.1) is 0 Å². The lowest BCUT2D eigenvalue weighted by Crippen LogP contribution is -2.25. The first-order valence-corrected chi connectivity index (χ1v) is 11.5. The highest BCUT2D eigenvalue weighted by Gasteiger charge is 2.31. The molecule has 1 nitrogen and oxygen atoms in total. The van der Waals surface area contributed by atoms with Crippen molar-refractivity contribution in [3.63, 3.8) is 0 Å².